The van der Waals surface area contributed by atoms with Gasteiger partial charge in [-0.3, -0.25) is 4.90 Å². The monoisotopic (exact) mass is 201 g/mol. The van der Waals surface area contributed by atoms with E-state index in [0.717, 1.165) is 0 Å². The highest BCUT2D eigenvalue weighted by atomic mass is 16.6. The summed E-state index contributed by atoms with van der Waals surface area (Å²) in [4.78, 5) is 13.3. The minimum Gasteiger partial charge on any atom is -0.444 e. The van der Waals surface area contributed by atoms with Crippen LogP contribution in [0.1, 0.15) is 34.6 Å². The molecule has 0 spiro atoms. The maximum Gasteiger partial charge on any atom is 0.412 e. The van der Waals surface area contributed by atoms with Crippen LogP contribution in [0.15, 0.2) is 0 Å². The van der Waals surface area contributed by atoms with Crippen molar-refractivity contribution in [3.63, 3.8) is 0 Å². The third-order valence-electron chi connectivity index (χ3n) is 1.79. The van der Waals surface area contributed by atoms with Gasteiger partial charge in [0.2, 0.25) is 0 Å². The van der Waals surface area contributed by atoms with Crippen LogP contribution in [-0.4, -0.2) is 35.5 Å². The van der Waals surface area contributed by atoms with Gasteiger partial charge in [0.05, 0.1) is 6.61 Å². The van der Waals surface area contributed by atoms with E-state index in [9.17, 15) is 4.79 Å². The number of nitrogens with zero attached hydrogens (tertiary/aromatic N) is 1. The van der Waals surface area contributed by atoms with Crippen molar-refractivity contribution in [1.29, 1.82) is 0 Å². The second kappa shape index (κ2) is 3.77. The van der Waals surface area contributed by atoms with Gasteiger partial charge in [0.15, 0.2) is 6.23 Å². The minimum absolute atomic E-state index is 0.0788. The molecule has 0 saturated carbocycles. The number of epoxide rings is 1. The van der Waals surface area contributed by atoms with Crippen LogP contribution in [0, 0.1) is 0 Å². The lowest BCUT2D eigenvalue weighted by Crippen LogP contribution is -2.42. The average Bonchev–Trinajstić information content (AvgIpc) is 2.65. The molecule has 0 bridgehead atoms. The number of hydrogen-bond donors (Lipinski definition) is 0. The Morgan fingerprint density at radius 1 is 1.50 bits per heavy atom. The first-order valence-corrected chi connectivity index (χ1v) is 4.94. The molecular formula is C10H19NO3. The predicted molar refractivity (Wildman–Crippen MR) is 52.9 cm³/mol. The van der Waals surface area contributed by atoms with Crippen molar-refractivity contribution in [3.05, 3.63) is 0 Å². The fourth-order valence-electron chi connectivity index (χ4n) is 1.18. The standard InChI is InChI=1S/C10H19NO3/c1-7(2)11(8-6-13-8)9(12)14-10(3,4)5/h7-8H,6H2,1-5H3. The van der Waals surface area contributed by atoms with Crippen molar-refractivity contribution < 1.29 is 14.3 Å². The Balaban J connectivity index is 2.55. The second-order valence-corrected chi connectivity index (χ2v) is 4.77. The first kappa shape index (κ1) is 11.3. The molecule has 0 radical (unpaired) electrons. The van der Waals surface area contributed by atoms with Gasteiger partial charge in [0.1, 0.15) is 5.60 Å². The molecule has 1 heterocycles. The van der Waals surface area contributed by atoms with Crippen molar-refractivity contribution in [2.45, 2.75) is 52.5 Å². The Morgan fingerprint density at radius 3 is 2.29 bits per heavy atom. The van der Waals surface area contributed by atoms with Gasteiger partial charge in [-0.1, -0.05) is 0 Å². The summed E-state index contributed by atoms with van der Waals surface area (Å²) in [7, 11) is 0. The summed E-state index contributed by atoms with van der Waals surface area (Å²) in [6.07, 6.45) is -0.375. The molecule has 0 N–H and O–H groups in total. The summed E-state index contributed by atoms with van der Waals surface area (Å²) in [6, 6.07) is 0.109. The number of amides is 1. The zero-order valence-electron chi connectivity index (χ0n) is 9.53. The van der Waals surface area contributed by atoms with E-state index in [1.165, 1.54) is 0 Å². The predicted octanol–water partition coefficient (Wildman–Crippen LogP) is 1.99. The van der Waals surface area contributed by atoms with E-state index in [1.807, 2.05) is 34.6 Å². The average molecular weight is 201 g/mol. The lowest BCUT2D eigenvalue weighted by atomic mass is 10.2. The van der Waals surface area contributed by atoms with Gasteiger partial charge in [-0.05, 0) is 34.6 Å². The molecule has 1 saturated heterocycles. The van der Waals surface area contributed by atoms with E-state index < -0.39 is 5.60 Å². The van der Waals surface area contributed by atoms with Gasteiger partial charge in [-0.2, -0.15) is 0 Å². The maximum absolute atomic E-state index is 11.7. The molecule has 1 fully saturated rings. The topological polar surface area (TPSA) is 42.1 Å². The largest absolute Gasteiger partial charge is 0.444 e. The summed E-state index contributed by atoms with van der Waals surface area (Å²) >= 11 is 0. The van der Waals surface area contributed by atoms with Crippen molar-refractivity contribution in [3.8, 4) is 0 Å². The van der Waals surface area contributed by atoms with E-state index in [2.05, 4.69) is 0 Å². The second-order valence-electron chi connectivity index (χ2n) is 4.77. The molecule has 1 rings (SSSR count). The lowest BCUT2D eigenvalue weighted by molar-refractivity contribution is 0.00845. The normalized spacial score (nSPS) is 20.9. The molecule has 4 nitrogen and oxygen atoms in total. The molecule has 0 aromatic carbocycles. The molecule has 4 heteroatoms. The minimum atomic E-state index is -0.445. The molecule has 0 aromatic heterocycles. The number of carbonyl (C=O) groups is 1. The molecule has 1 amide bonds. The Morgan fingerprint density at radius 2 is 2.00 bits per heavy atom. The van der Waals surface area contributed by atoms with Crippen LogP contribution in [0.25, 0.3) is 0 Å². The van der Waals surface area contributed by atoms with Gasteiger partial charge in [-0.15, -0.1) is 0 Å². The van der Waals surface area contributed by atoms with E-state index in [1.54, 1.807) is 4.90 Å². The maximum atomic E-state index is 11.7. The van der Waals surface area contributed by atoms with E-state index in [0.29, 0.717) is 6.61 Å². The fourth-order valence-corrected chi connectivity index (χ4v) is 1.18. The van der Waals surface area contributed by atoms with Crippen LogP contribution < -0.4 is 0 Å². The van der Waals surface area contributed by atoms with E-state index in [-0.39, 0.29) is 18.4 Å². The van der Waals surface area contributed by atoms with Crippen molar-refractivity contribution >= 4 is 6.09 Å². The SMILES string of the molecule is CC(C)N(C(=O)OC(C)(C)C)C1CO1. The first-order chi connectivity index (χ1) is 6.31. The highest BCUT2D eigenvalue weighted by molar-refractivity contribution is 5.69. The Hall–Kier alpha value is -0.770. The number of rotatable bonds is 2. The van der Waals surface area contributed by atoms with Gasteiger partial charge < -0.3 is 9.47 Å². The van der Waals surface area contributed by atoms with Crippen LogP contribution in [0.5, 0.6) is 0 Å². The smallest absolute Gasteiger partial charge is 0.412 e. The molecular weight excluding hydrogens is 182 g/mol. The highest BCUT2D eigenvalue weighted by Gasteiger charge is 2.38. The molecule has 1 aliphatic rings. The van der Waals surface area contributed by atoms with Gasteiger partial charge in [0.25, 0.3) is 0 Å². The third-order valence-corrected chi connectivity index (χ3v) is 1.79. The summed E-state index contributed by atoms with van der Waals surface area (Å²) in [5.74, 6) is 0. The molecule has 1 aliphatic heterocycles. The van der Waals surface area contributed by atoms with Crippen molar-refractivity contribution in [1.82, 2.24) is 4.90 Å². The first-order valence-electron chi connectivity index (χ1n) is 4.94. The quantitative estimate of drug-likeness (QED) is 0.641. The van der Waals surface area contributed by atoms with Crippen LogP contribution >= 0.6 is 0 Å². The van der Waals surface area contributed by atoms with E-state index in [4.69, 9.17) is 9.47 Å². The van der Waals surface area contributed by atoms with E-state index >= 15 is 0 Å². The lowest BCUT2D eigenvalue weighted by Gasteiger charge is -2.28. The molecule has 14 heavy (non-hydrogen) atoms. The van der Waals surface area contributed by atoms with Crippen molar-refractivity contribution in [2.75, 3.05) is 6.61 Å². The van der Waals surface area contributed by atoms with Crippen LogP contribution in [-0.2, 0) is 9.47 Å². The summed E-state index contributed by atoms with van der Waals surface area (Å²) in [5, 5.41) is 0. The Kier molecular flexibility index (Phi) is 3.04. The zero-order valence-corrected chi connectivity index (χ0v) is 9.53. The van der Waals surface area contributed by atoms with Gasteiger partial charge >= 0.3 is 6.09 Å². The van der Waals surface area contributed by atoms with Gasteiger partial charge in [-0.25, -0.2) is 4.79 Å². The van der Waals surface area contributed by atoms with Crippen molar-refractivity contribution in [2.24, 2.45) is 0 Å². The molecule has 1 atom stereocenters. The van der Waals surface area contributed by atoms with Crippen LogP contribution in [0.3, 0.4) is 0 Å². The molecule has 0 aromatic rings. The summed E-state index contributed by atoms with van der Waals surface area (Å²) in [5.41, 5.74) is -0.445. The Bertz CT molecular complexity index is 214. The van der Waals surface area contributed by atoms with Gasteiger partial charge in [0, 0.05) is 6.04 Å². The van der Waals surface area contributed by atoms with Crippen LogP contribution in [0.4, 0.5) is 4.79 Å². The number of carbonyl (C=O) groups excluding carboxylic acids is 1. The summed E-state index contributed by atoms with van der Waals surface area (Å²) in [6.45, 7) is 10.1. The molecule has 1 unspecified atom stereocenters. The number of ether oxygens (including phenoxy) is 2. The zero-order chi connectivity index (χ0) is 10.9. The molecule has 0 aliphatic carbocycles. The Labute approximate surface area is 85.2 Å². The molecule has 82 valence electrons. The highest BCUT2D eigenvalue weighted by Crippen LogP contribution is 2.21. The third kappa shape index (κ3) is 3.18. The number of hydrogen-bond acceptors (Lipinski definition) is 3. The fraction of sp³-hybridized carbons (Fsp3) is 0.900. The summed E-state index contributed by atoms with van der Waals surface area (Å²) < 4.78 is 10.4. The van der Waals surface area contributed by atoms with Crippen LogP contribution in [0.2, 0.25) is 0 Å².